The molecule has 1 fully saturated rings. The first-order valence-electron chi connectivity index (χ1n) is 8.03. The summed E-state index contributed by atoms with van der Waals surface area (Å²) in [7, 11) is 1.39. The van der Waals surface area contributed by atoms with E-state index in [1.807, 2.05) is 66.4 Å². The highest BCUT2D eigenvalue weighted by Gasteiger charge is 2.46. The Labute approximate surface area is 142 Å². The first-order valence-corrected chi connectivity index (χ1v) is 8.03. The van der Waals surface area contributed by atoms with Crippen molar-refractivity contribution in [3.05, 3.63) is 65.7 Å². The molecule has 0 unspecified atom stereocenters. The summed E-state index contributed by atoms with van der Waals surface area (Å²) in [5.41, 5.74) is 3.14. The van der Waals surface area contributed by atoms with Crippen molar-refractivity contribution in [2.24, 2.45) is 5.92 Å². The van der Waals surface area contributed by atoms with Gasteiger partial charge in [-0.3, -0.25) is 0 Å². The normalized spacial score (nSPS) is 22.9. The average molecular weight is 320 g/mol. The first kappa shape index (κ1) is 16.1. The van der Waals surface area contributed by atoms with Crippen LogP contribution >= 0.6 is 0 Å². The van der Waals surface area contributed by atoms with Crippen LogP contribution in [0.1, 0.15) is 23.6 Å². The molecule has 0 radical (unpaired) electrons. The number of aryl methyl sites for hydroxylation is 1. The molecule has 24 heavy (non-hydrogen) atoms. The lowest BCUT2D eigenvalue weighted by Crippen LogP contribution is -2.38. The number of hydrogen-bond donors (Lipinski definition) is 0. The molecule has 122 valence electrons. The van der Waals surface area contributed by atoms with E-state index in [9.17, 15) is 10.1 Å². The summed E-state index contributed by atoms with van der Waals surface area (Å²) in [4.78, 5) is 14.3. The van der Waals surface area contributed by atoms with Crippen LogP contribution in [-0.2, 0) is 9.53 Å². The molecule has 1 aliphatic rings. The molecule has 0 aromatic heterocycles. The van der Waals surface area contributed by atoms with Crippen molar-refractivity contribution < 1.29 is 9.53 Å². The summed E-state index contributed by atoms with van der Waals surface area (Å²) >= 11 is 0. The molecule has 0 spiro atoms. The highest BCUT2D eigenvalue weighted by atomic mass is 16.5. The second kappa shape index (κ2) is 6.76. The SMILES string of the molecule is COC(=O)[C@H]1C[C@H](C#N)[C@@H](c2ccc(C)cc2)N1c1ccccc1. The van der Waals surface area contributed by atoms with E-state index in [1.54, 1.807) is 0 Å². The van der Waals surface area contributed by atoms with Crippen molar-refractivity contribution in [1.82, 2.24) is 0 Å². The van der Waals surface area contributed by atoms with Crippen LogP contribution in [0, 0.1) is 24.2 Å². The van der Waals surface area contributed by atoms with Crippen LogP contribution in [0.15, 0.2) is 54.6 Å². The number of esters is 1. The molecule has 0 aliphatic carbocycles. The maximum atomic E-state index is 12.3. The largest absolute Gasteiger partial charge is 0.467 e. The lowest BCUT2D eigenvalue weighted by Gasteiger charge is -2.32. The van der Waals surface area contributed by atoms with E-state index >= 15 is 0 Å². The molecule has 1 aliphatic heterocycles. The van der Waals surface area contributed by atoms with Gasteiger partial charge in [0.25, 0.3) is 0 Å². The van der Waals surface area contributed by atoms with Gasteiger partial charge in [-0.1, -0.05) is 48.0 Å². The zero-order valence-electron chi connectivity index (χ0n) is 13.8. The number of rotatable bonds is 3. The molecule has 2 aromatic carbocycles. The molecule has 0 amide bonds. The van der Waals surface area contributed by atoms with Crippen LogP contribution in [-0.4, -0.2) is 19.1 Å². The Balaban J connectivity index is 2.09. The van der Waals surface area contributed by atoms with Crippen molar-refractivity contribution in [2.45, 2.75) is 25.4 Å². The lowest BCUT2D eigenvalue weighted by molar-refractivity contribution is -0.142. The van der Waals surface area contributed by atoms with Gasteiger partial charge >= 0.3 is 5.97 Å². The van der Waals surface area contributed by atoms with Crippen LogP contribution in [0.5, 0.6) is 0 Å². The number of anilines is 1. The maximum absolute atomic E-state index is 12.3. The Morgan fingerprint density at radius 3 is 2.42 bits per heavy atom. The van der Waals surface area contributed by atoms with E-state index in [-0.39, 0.29) is 17.9 Å². The van der Waals surface area contributed by atoms with Gasteiger partial charge in [-0.25, -0.2) is 4.79 Å². The van der Waals surface area contributed by atoms with Crippen LogP contribution in [0.2, 0.25) is 0 Å². The molecule has 0 N–H and O–H groups in total. The van der Waals surface area contributed by atoms with Crippen molar-refractivity contribution in [3.8, 4) is 6.07 Å². The minimum atomic E-state index is -0.451. The smallest absolute Gasteiger partial charge is 0.328 e. The number of para-hydroxylation sites is 1. The van der Waals surface area contributed by atoms with E-state index in [1.165, 1.54) is 12.7 Å². The van der Waals surface area contributed by atoms with Gasteiger partial charge in [-0.15, -0.1) is 0 Å². The Bertz CT molecular complexity index is 749. The molecule has 2 aromatic rings. The number of carbonyl (C=O) groups is 1. The molecular weight excluding hydrogens is 300 g/mol. The van der Waals surface area contributed by atoms with Crippen molar-refractivity contribution in [2.75, 3.05) is 12.0 Å². The third-order valence-corrected chi connectivity index (χ3v) is 4.61. The van der Waals surface area contributed by atoms with Gasteiger partial charge in [0.15, 0.2) is 0 Å². The Morgan fingerprint density at radius 1 is 1.17 bits per heavy atom. The number of ether oxygens (including phenoxy) is 1. The van der Waals surface area contributed by atoms with Gasteiger partial charge in [0, 0.05) is 5.69 Å². The van der Waals surface area contributed by atoms with Crippen LogP contribution < -0.4 is 4.90 Å². The number of hydrogen-bond acceptors (Lipinski definition) is 4. The predicted molar refractivity (Wildman–Crippen MR) is 92.4 cm³/mol. The maximum Gasteiger partial charge on any atom is 0.328 e. The zero-order chi connectivity index (χ0) is 17.1. The fourth-order valence-corrected chi connectivity index (χ4v) is 3.44. The minimum Gasteiger partial charge on any atom is -0.467 e. The number of nitriles is 1. The summed E-state index contributed by atoms with van der Waals surface area (Å²) in [6.45, 7) is 2.03. The van der Waals surface area contributed by atoms with Gasteiger partial charge in [0.2, 0.25) is 0 Å². The Morgan fingerprint density at radius 2 is 1.83 bits per heavy atom. The topological polar surface area (TPSA) is 53.3 Å². The van der Waals surface area contributed by atoms with E-state index in [0.29, 0.717) is 6.42 Å². The lowest BCUT2D eigenvalue weighted by atomic mass is 9.93. The third-order valence-electron chi connectivity index (χ3n) is 4.61. The quantitative estimate of drug-likeness (QED) is 0.810. The first-order chi connectivity index (χ1) is 11.7. The fourth-order valence-electron chi connectivity index (χ4n) is 3.44. The van der Waals surface area contributed by atoms with E-state index in [2.05, 4.69) is 6.07 Å². The standard InChI is InChI=1S/C20H20N2O2/c1-14-8-10-15(11-9-14)19-16(13-21)12-18(20(23)24-2)22(19)17-6-4-3-5-7-17/h3-11,16,18-19H,12H2,1-2H3/t16-,18-,19-/m1/s1. The van der Waals surface area contributed by atoms with E-state index in [4.69, 9.17) is 4.74 Å². The number of carbonyl (C=O) groups excluding carboxylic acids is 1. The van der Waals surface area contributed by atoms with Gasteiger partial charge in [0.1, 0.15) is 6.04 Å². The van der Waals surface area contributed by atoms with Crippen molar-refractivity contribution >= 4 is 11.7 Å². The van der Waals surface area contributed by atoms with Crippen LogP contribution in [0.3, 0.4) is 0 Å². The van der Waals surface area contributed by atoms with Gasteiger partial charge < -0.3 is 9.64 Å². The molecule has 0 bridgehead atoms. The molecule has 4 nitrogen and oxygen atoms in total. The molecule has 3 atom stereocenters. The highest BCUT2D eigenvalue weighted by molar-refractivity contribution is 5.81. The Hall–Kier alpha value is -2.80. The molecule has 1 saturated heterocycles. The average Bonchev–Trinajstić information content (AvgIpc) is 3.02. The number of methoxy groups -OCH3 is 1. The molecule has 4 heteroatoms. The van der Waals surface area contributed by atoms with E-state index in [0.717, 1.165) is 11.3 Å². The van der Waals surface area contributed by atoms with Gasteiger partial charge in [-0.05, 0) is 31.0 Å². The predicted octanol–water partition coefficient (Wildman–Crippen LogP) is 3.63. The summed E-state index contributed by atoms with van der Waals surface area (Å²) in [6, 6.07) is 19.7. The minimum absolute atomic E-state index is 0.165. The second-order valence-corrected chi connectivity index (χ2v) is 6.11. The highest BCUT2D eigenvalue weighted by Crippen LogP contribution is 2.44. The molecule has 3 rings (SSSR count). The van der Waals surface area contributed by atoms with Crippen LogP contribution in [0.25, 0.3) is 0 Å². The molecular formula is C20H20N2O2. The number of nitrogens with zero attached hydrogens (tertiary/aromatic N) is 2. The summed E-state index contributed by atoms with van der Waals surface area (Å²) in [5, 5.41) is 9.66. The van der Waals surface area contributed by atoms with Gasteiger partial charge in [0.05, 0.1) is 25.1 Å². The molecule has 1 heterocycles. The fraction of sp³-hybridized carbons (Fsp3) is 0.300. The van der Waals surface area contributed by atoms with Crippen LogP contribution in [0.4, 0.5) is 5.69 Å². The Kier molecular flexibility index (Phi) is 4.52. The second-order valence-electron chi connectivity index (χ2n) is 6.11. The third kappa shape index (κ3) is 2.85. The van der Waals surface area contributed by atoms with E-state index < -0.39 is 6.04 Å². The van der Waals surface area contributed by atoms with Crippen molar-refractivity contribution in [1.29, 1.82) is 5.26 Å². The molecule has 0 saturated carbocycles. The monoisotopic (exact) mass is 320 g/mol. The summed E-state index contributed by atoms with van der Waals surface area (Å²) in [5.74, 6) is -0.564. The zero-order valence-corrected chi connectivity index (χ0v) is 13.8. The summed E-state index contributed by atoms with van der Waals surface area (Å²) < 4.78 is 4.99. The number of benzene rings is 2. The van der Waals surface area contributed by atoms with Crippen molar-refractivity contribution in [3.63, 3.8) is 0 Å². The van der Waals surface area contributed by atoms with Gasteiger partial charge in [-0.2, -0.15) is 5.26 Å². The summed E-state index contributed by atoms with van der Waals surface area (Å²) in [6.07, 6.45) is 0.469.